The monoisotopic (exact) mass is 1370 g/mol. The molecule has 552 valence electrons. The molecular formula is C71H122N16O11. The van der Waals surface area contributed by atoms with Gasteiger partial charge in [-0.3, -0.25) is 52.7 Å². The average molecular weight is 1380 g/mol. The fourth-order valence-corrected chi connectivity index (χ4v) is 11.1. The highest BCUT2D eigenvalue weighted by atomic mass is 16.2. The number of benzene rings is 2. The SMILES string of the molecule is CC[C@H](C)[C@H](NC(=O)[C@H](CCCCN)NC(=O)[C@H](CCCCN)NC(=O)[C@H](Cc1ccccc1)NC(=O)[C@H](CC(C)C)NC(=O)[C@H](CCCCN)NC(=O)[C@@H](N)Cc1ccccc1)C(=O)N[C@@H](CC(C)C)C(=O)N[C@@H](CCCCN)C(=O)N[C@H](C(=O)N[C@@H](CC(C)C)C(N)=O)C(C)C. The van der Waals surface area contributed by atoms with Crippen molar-refractivity contribution in [3.8, 4) is 0 Å². The predicted molar refractivity (Wildman–Crippen MR) is 381 cm³/mol. The van der Waals surface area contributed by atoms with Crippen LogP contribution < -0.4 is 87.6 Å². The highest BCUT2D eigenvalue weighted by Crippen LogP contribution is 2.17. The number of rotatable bonds is 50. The summed E-state index contributed by atoms with van der Waals surface area (Å²) in [6.07, 6.45) is 5.18. The maximum absolute atomic E-state index is 14.8. The summed E-state index contributed by atoms with van der Waals surface area (Å²) in [5.41, 5.74) is 36.9. The molecule has 0 aliphatic heterocycles. The molecule has 22 N–H and O–H groups in total. The van der Waals surface area contributed by atoms with Crippen molar-refractivity contribution in [1.82, 2.24) is 53.2 Å². The first-order valence-electron chi connectivity index (χ1n) is 35.5. The van der Waals surface area contributed by atoms with E-state index in [1.807, 2.05) is 78.8 Å². The van der Waals surface area contributed by atoms with Gasteiger partial charge in [0.1, 0.15) is 60.4 Å². The number of primary amides is 1. The second-order valence-corrected chi connectivity index (χ2v) is 27.5. The molecule has 2 aromatic carbocycles. The Balaban J connectivity index is 2.54. The van der Waals surface area contributed by atoms with Gasteiger partial charge in [0, 0.05) is 6.42 Å². The Morgan fingerprint density at radius 2 is 0.622 bits per heavy atom. The number of carbonyl (C=O) groups excluding carboxylic acids is 11. The van der Waals surface area contributed by atoms with Gasteiger partial charge in [-0.05, 0) is 170 Å². The smallest absolute Gasteiger partial charge is 0.243 e. The number of nitrogens with one attached hydrogen (secondary N) is 10. The molecule has 27 heteroatoms. The lowest BCUT2D eigenvalue weighted by Gasteiger charge is -2.30. The normalized spacial score (nSPS) is 15.1. The molecular weight excluding hydrogens is 1250 g/mol. The lowest BCUT2D eigenvalue weighted by molar-refractivity contribution is -0.137. The van der Waals surface area contributed by atoms with Crippen LogP contribution in [0.5, 0.6) is 0 Å². The molecule has 0 unspecified atom stereocenters. The zero-order chi connectivity index (χ0) is 73.4. The van der Waals surface area contributed by atoms with E-state index in [1.165, 1.54) is 0 Å². The van der Waals surface area contributed by atoms with Crippen LogP contribution in [0.2, 0.25) is 0 Å². The number of carbonyl (C=O) groups is 11. The zero-order valence-corrected chi connectivity index (χ0v) is 60.0. The zero-order valence-electron chi connectivity index (χ0n) is 60.0. The molecule has 0 saturated heterocycles. The molecule has 0 aliphatic rings. The summed E-state index contributed by atoms with van der Waals surface area (Å²) in [7, 11) is 0. The molecule has 0 bridgehead atoms. The molecule has 2 rings (SSSR count). The summed E-state index contributed by atoms with van der Waals surface area (Å²) >= 11 is 0. The van der Waals surface area contributed by atoms with Crippen LogP contribution >= 0.6 is 0 Å². The molecule has 2 aromatic rings. The van der Waals surface area contributed by atoms with Crippen molar-refractivity contribution in [3.05, 3.63) is 71.8 Å². The lowest BCUT2D eigenvalue weighted by atomic mass is 9.95. The van der Waals surface area contributed by atoms with Crippen molar-refractivity contribution in [1.29, 1.82) is 0 Å². The first-order valence-corrected chi connectivity index (χ1v) is 35.5. The molecule has 98 heavy (non-hydrogen) atoms. The van der Waals surface area contributed by atoms with E-state index >= 15 is 0 Å². The maximum atomic E-state index is 14.8. The number of nitrogens with two attached hydrogens (primary N) is 6. The van der Waals surface area contributed by atoms with Gasteiger partial charge in [0.2, 0.25) is 65.0 Å². The van der Waals surface area contributed by atoms with Crippen molar-refractivity contribution in [2.24, 2.45) is 64.0 Å². The van der Waals surface area contributed by atoms with E-state index in [-0.39, 0.29) is 88.6 Å². The van der Waals surface area contributed by atoms with Gasteiger partial charge < -0.3 is 87.6 Å². The molecule has 0 fully saturated rings. The van der Waals surface area contributed by atoms with Gasteiger partial charge in [-0.25, -0.2) is 0 Å². The highest BCUT2D eigenvalue weighted by molar-refractivity contribution is 5.99. The van der Waals surface area contributed by atoms with Crippen molar-refractivity contribution in [2.75, 3.05) is 26.2 Å². The van der Waals surface area contributed by atoms with Crippen LogP contribution in [0.4, 0.5) is 0 Å². The van der Waals surface area contributed by atoms with Crippen LogP contribution in [0.1, 0.15) is 183 Å². The number of amides is 11. The molecule has 12 atom stereocenters. The van der Waals surface area contributed by atoms with Gasteiger partial charge in [-0.2, -0.15) is 0 Å². The first kappa shape index (κ1) is 86.5. The third-order valence-electron chi connectivity index (χ3n) is 17.0. The standard InChI is InChI=1S/C71H122N16O11/c1-11-47(10)60(71(98)85-57(40-45(6)7)67(94)81-53(32-20-24-36-74)65(92)86-59(46(8)9)70(97)82-55(61(77)88)38-43(2)3)87-66(93)54(33-21-25-37-75)79-63(90)52(31-19-23-35-73)80-69(96)58(42-49-28-16-13-17-29-49)84-68(95)56(39-44(4)5)83-64(91)51(30-18-22-34-72)78-62(89)50(76)41-48-26-14-12-15-27-48/h12-17,26-29,43-47,50-60H,11,18-25,30-42,72-76H2,1-10H3,(H2,77,88)(H,78,89)(H,79,90)(H,80,96)(H,81,94)(H,82,97)(H,83,91)(H,84,95)(H,85,98)(H,86,92)(H,87,93)/t47-,50-,51-,52-,53-,54-,55-,56-,57-,58-,59-,60-/m0/s1. The molecule has 0 aromatic heterocycles. The largest absolute Gasteiger partial charge is 0.368 e. The molecule has 0 spiro atoms. The van der Waals surface area contributed by atoms with Crippen molar-refractivity contribution < 1.29 is 52.7 Å². The first-order chi connectivity index (χ1) is 46.5. The second kappa shape index (κ2) is 47.4. The highest BCUT2D eigenvalue weighted by Gasteiger charge is 2.38. The van der Waals surface area contributed by atoms with Crippen molar-refractivity contribution in [2.45, 2.75) is 251 Å². The Kier molecular flexibility index (Phi) is 41.8. The molecule has 27 nitrogen and oxygen atoms in total. The minimum absolute atomic E-state index is 0.0179. The molecule has 0 radical (unpaired) electrons. The van der Waals surface area contributed by atoms with Crippen LogP contribution in [0.15, 0.2) is 60.7 Å². The Morgan fingerprint density at radius 3 is 0.980 bits per heavy atom. The predicted octanol–water partition coefficient (Wildman–Crippen LogP) is 1.49. The summed E-state index contributed by atoms with van der Waals surface area (Å²) in [4.78, 5) is 156. The van der Waals surface area contributed by atoms with E-state index in [1.54, 1.807) is 51.1 Å². The quantitative estimate of drug-likeness (QED) is 0.0417. The van der Waals surface area contributed by atoms with E-state index in [0.29, 0.717) is 76.4 Å². The summed E-state index contributed by atoms with van der Waals surface area (Å²) < 4.78 is 0. The van der Waals surface area contributed by atoms with Crippen LogP contribution in [0.3, 0.4) is 0 Å². The van der Waals surface area contributed by atoms with Gasteiger partial charge in [0.05, 0.1) is 6.04 Å². The van der Waals surface area contributed by atoms with Gasteiger partial charge in [0.25, 0.3) is 0 Å². The fourth-order valence-electron chi connectivity index (χ4n) is 11.1. The number of unbranched alkanes of at least 4 members (excludes halogenated alkanes) is 4. The minimum atomic E-state index is -1.31. The summed E-state index contributed by atoms with van der Waals surface area (Å²) in [5, 5.41) is 28.1. The number of hydrogen-bond acceptors (Lipinski definition) is 16. The molecule has 0 aliphatic carbocycles. The van der Waals surface area contributed by atoms with Crippen LogP contribution in [-0.4, -0.2) is 158 Å². The topological polar surface area (TPSA) is 464 Å². The Hall–Kier alpha value is -7.59. The molecule has 11 amide bonds. The van der Waals surface area contributed by atoms with Gasteiger partial charge in [0.15, 0.2) is 0 Å². The van der Waals surface area contributed by atoms with E-state index in [9.17, 15) is 52.7 Å². The fraction of sp³-hybridized carbons (Fsp3) is 0.676. The average Bonchev–Trinajstić information content (AvgIpc) is 0.893. The van der Waals surface area contributed by atoms with E-state index in [2.05, 4.69) is 53.2 Å². The Labute approximate surface area is 581 Å². The third kappa shape index (κ3) is 33.3. The second-order valence-electron chi connectivity index (χ2n) is 27.5. The maximum Gasteiger partial charge on any atom is 0.243 e. The molecule has 0 heterocycles. The van der Waals surface area contributed by atoms with Crippen LogP contribution in [0.25, 0.3) is 0 Å². The Morgan fingerprint density at radius 1 is 0.337 bits per heavy atom. The number of hydrogen-bond donors (Lipinski definition) is 16. The van der Waals surface area contributed by atoms with Crippen LogP contribution in [-0.2, 0) is 65.6 Å². The Bertz CT molecular complexity index is 2760. The van der Waals surface area contributed by atoms with E-state index < -0.39 is 143 Å². The molecule has 0 saturated carbocycles. The third-order valence-corrected chi connectivity index (χ3v) is 17.0. The van der Waals surface area contributed by atoms with E-state index in [4.69, 9.17) is 34.4 Å². The van der Waals surface area contributed by atoms with Gasteiger partial charge in [-0.15, -0.1) is 0 Å². The van der Waals surface area contributed by atoms with E-state index in [0.717, 1.165) is 5.56 Å². The summed E-state index contributed by atoms with van der Waals surface area (Å²) in [6.45, 7) is 19.4. The van der Waals surface area contributed by atoms with Crippen molar-refractivity contribution >= 4 is 65.0 Å². The van der Waals surface area contributed by atoms with Gasteiger partial charge >= 0.3 is 0 Å². The van der Waals surface area contributed by atoms with Gasteiger partial charge in [-0.1, -0.05) is 136 Å². The lowest BCUT2D eigenvalue weighted by Crippen LogP contribution is -2.62. The summed E-state index contributed by atoms with van der Waals surface area (Å²) in [5.74, 6) is -8.83. The van der Waals surface area contributed by atoms with Crippen molar-refractivity contribution in [3.63, 3.8) is 0 Å². The van der Waals surface area contributed by atoms with Crippen LogP contribution in [0, 0.1) is 29.6 Å². The summed E-state index contributed by atoms with van der Waals surface area (Å²) in [6, 6.07) is 5.19. The minimum Gasteiger partial charge on any atom is -0.368 e.